The number of nitrogens with zero attached hydrogens (tertiary/aromatic N) is 5. The van der Waals surface area contributed by atoms with E-state index in [1.807, 2.05) is 43.3 Å². The smallest absolute Gasteiger partial charge is 0.475 e. The van der Waals surface area contributed by atoms with Crippen molar-refractivity contribution in [3.8, 4) is 11.5 Å². The van der Waals surface area contributed by atoms with E-state index in [-0.39, 0.29) is 11.7 Å². The fourth-order valence-corrected chi connectivity index (χ4v) is 5.49. The molecule has 16 heteroatoms. The predicted octanol–water partition coefficient (Wildman–Crippen LogP) is 4.46. The van der Waals surface area contributed by atoms with Gasteiger partial charge in [0.1, 0.15) is 11.6 Å². The number of carboxylic acid groups (broad SMARTS) is 1. The summed E-state index contributed by atoms with van der Waals surface area (Å²) in [6.07, 6.45) is -3.41. The SMILES string of the molecule is COCCN(CC1CC1C)c1cc(-c2nnc(C(C)(N)Cc3ccccc3)o2)cc(N(C)S(=O)(=O)C(C)C)n1.O=C(O)C(F)(F)F. The van der Waals surface area contributed by atoms with Gasteiger partial charge in [0.05, 0.1) is 17.4 Å². The zero-order valence-electron chi connectivity index (χ0n) is 26.7. The predicted molar refractivity (Wildman–Crippen MR) is 167 cm³/mol. The van der Waals surface area contributed by atoms with Gasteiger partial charge in [-0.1, -0.05) is 37.3 Å². The number of hydrogen-bond donors (Lipinski definition) is 2. The van der Waals surface area contributed by atoms with Crippen molar-refractivity contribution in [2.24, 2.45) is 17.6 Å². The molecule has 1 fully saturated rings. The molecule has 0 amide bonds. The molecule has 0 spiro atoms. The molecule has 3 aromatic rings. The molecular formula is C30H41F3N6O6S. The number of methoxy groups -OCH3 is 1. The lowest BCUT2D eigenvalue weighted by Crippen LogP contribution is -2.35. The summed E-state index contributed by atoms with van der Waals surface area (Å²) in [5, 5.41) is 15.1. The number of aromatic nitrogens is 3. The summed E-state index contributed by atoms with van der Waals surface area (Å²) in [4.78, 5) is 15.8. The van der Waals surface area contributed by atoms with Gasteiger partial charge in [-0.25, -0.2) is 18.2 Å². The van der Waals surface area contributed by atoms with Gasteiger partial charge in [0, 0.05) is 32.8 Å². The molecule has 3 atom stereocenters. The highest BCUT2D eigenvalue weighted by atomic mass is 32.2. The second kappa shape index (κ2) is 14.8. The van der Waals surface area contributed by atoms with Gasteiger partial charge in [-0.05, 0) is 63.1 Å². The third-order valence-electron chi connectivity index (χ3n) is 7.54. The molecule has 3 N–H and O–H groups in total. The molecule has 254 valence electrons. The van der Waals surface area contributed by atoms with Crippen LogP contribution in [0, 0.1) is 11.8 Å². The zero-order valence-corrected chi connectivity index (χ0v) is 27.5. The fourth-order valence-electron chi connectivity index (χ4n) is 4.50. The van der Waals surface area contributed by atoms with Crippen molar-refractivity contribution in [1.82, 2.24) is 15.2 Å². The van der Waals surface area contributed by atoms with E-state index in [0.29, 0.717) is 48.7 Å². The lowest BCUT2D eigenvalue weighted by Gasteiger charge is -2.27. The van der Waals surface area contributed by atoms with Crippen LogP contribution in [0.5, 0.6) is 0 Å². The lowest BCUT2D eigenvalue weighted by molar-refractivity contribution is -0.192. The Labute approximate surface area is 266 Å². The van der Waals surface area contributed by atoms with Gasteiger partial charge >= 0.3 is 12.1 Å². The van der Waals surface area contributed by atoms with Gasteiger partial charge in [0.25, 0.3) is 0 Å². The summed E-state index contributed by atoms with van der Waals surface area (Å²) in [6.45, 7) is 9.31. The summed E-state index contributed by atoms with van der Waals surface area (Å²) in [6, 6.07) is 13.4. The Morgan fingerprint density at radius 1 is 1.17 bits per heavy atom. The normalized spacial score (nSPS) is 17.5. The van der Waals surface area contributed by atoms with Crippen LogP contribution in [0.2, 0.25) is 0 Å². The van der Waals surface area contributed by atoms with Crippen molar-refractivity contribution in [3.05, 3.63) is 53.9 Å². The van der Waals surface area contributed by atoms with Crippen molar-refractivity contribution < 1.29 is 40.6 Å². The minimum absolute atomic E-state index is 0.251. The van der Waals surface area contributed by atoms with Gasteiger partial charge in [-0.2, -0.15) is 13.2 Å². The largest absolute Gasteiger partial charge is 0.490 e. The van der Waals surface area contributed by atoms with Crippen LogP contribution in [0.1, 0.15) is 45.6 Å². The summed E-state index contributed by atoms with van der Waals surface area (Å²) in [5.74, 6) is -0.0988. The first kappa shape index (κ1) is 36.7. The topological polar surface area (TPSA) is 165 Å². The summed E-state index contributed by atoms with van der Waals surface area (Å²) >= 11 is 0. The van der Waals surface area contributed by atoms with E-state index >= 15 is 0 Å². The van der Waals surface area contributed by atoms with Gasteiger partial charge in [0.2, 0.25) is 21.8 Å². The maximum absolute atomic E-state index is 13.1. The van der Waals surface area contributed by atoms with Gasteiger partial charge in [-0.15, -0.1) is 10.2 Å². The number of rotatable bonds is 13. The number of alkyl halides is 3. The quantitative estimate of drug-likeness (QED) is 0.264. The van der Waals surface area contributed by atoms with Crippen molar-refractivity contribution in [2.45, 2.75) is 57.5 Å². The van der Waals surface area contributed by atoms with E-state index < -0.39 is 33.0 Å². The van der Waals surface area contributed by atoms with Crippen molar-refractivity contribution in [2.75, 3.05) is 43.1 Å². The maximum atomic E-state index is 13.1. The molecule has 0 aliphatic heterocycles. The van der Waals surface area contributed by atoms with E-state index in [1.165, 1.54) is 11.4 Å². The molecule has 1 aromatic carbocycles. The number of ether oxygens (including phenoxy) is 1. The highest BCUT2D eigenvalue weighted by Gasteiger charge is 2.38. The Morgan fingerprint density at radius 3 is 2.28 bits per heavy atom. The van der Waals surface area contributed by atoms with E-state index in [9.17, 15) is 21.6 Å². The standard InChI is InChI=1S/C28H40N6O4S.C2HF3O2/c1-19(2)39(35,36)33(5)24-15-22(16-25(30-24)34(12-13-37-6)18-23-14-20(23)3)26-31-32-27(38-26)28(4,29)17-21-10-8-7-9-11-21;3-2(4,5)1(6)7/h7-11,15-16,19-20,23H,12-14,17-18,29H2,1-6H3;(H,6,7). The molecule has 2 aromatic heterocycles. The van der Waals surface area contributed by atoms with Crippen LogP contribution in [-0.2, 0) is 31.5 Å². The molecule has 0 saturated heterocycles. The number of sulfonamides is 1. The zero-order chi connectivity index (χ0) is 34.4. The van der Waals surface area contributed by atoms with Crippen molar-refractivity contribution in [3.63, 3.8) is 0 Å². The van der Waals surface area contributed by atoms with Crippen LogP contribution < -0.4 is 14.9 Å². The molecule has 12 nitrogen and oxygen atoms in total. The second-order valence-corrected chi connectivity index (χ2v) is 14.4. The van der Waals surface area contributed by atoms with Crippen LogP contribution in [0.4, 0.5) is 24.8 Å². The number of carbonyl (C=O) groups is 1. The number of hydrogen-bond acceptors (Lipinski definition) is 10. The molecule has 46 heavy (non-hydrogen) atoms. The van der Waals surface area contributed by atoms with E-state index in [2.05, 4.69) is 22.0 Å². The Balaban J connectivity index is 0.000000738. The Kier molecular flexibility index (Phi) is 11.8. The summed E-state index contributed by atoms with van der Waals surface area (Å²) < 4.78 is 70.5. The number of pyridine rings is 1. The molecule has 1 aliphatic rings. The van der Waals surface area contributed by atoms with Crippen LogP contribution in [-0.4, -0.2) is 80.0 Å². The minimum Gasteiger partial charge on any atom is -0.475 e. The second-order valence-electron chi connectivity index (χ2n) is 11.8. The first-order valence-corrected chi connectivity index (χ1v) is 16.1. The van der Waals surface area contributed by atoms with E-state index in [4.69, 9.17) is 29.8 Å². The molecular weight excluding hydrogens is 629 g/mol. The fraction of sp³-hybridized carbons (Fsp3) is 0.533. The van der Waals surface area contributed by atoms with Crippen LogP contribution >= 0.6 is 0 Å². The molecule has 3 unspecified atom stereocenters. The number of anilines is 2. The Hall–Kier alpha value is -3.76. The Bertz CT molecular complexity index is 1570. The highest BCUT2D eigenvalue weighted by Crippen LogP contribution is 2.39. The highest BCUT2D eigenvalue weighted by molar-refractivity contribution is 7.93. The van der Waals surface area contributed by atoms with E-state index in [0.717, 1.165) is 18.5 Å². The van der Waals surface area contributed by atoms with Gasteiger partial charge in [0.15, 0.2) is 0 Å². The number of aliphatic carboxylic acids is 1. The average Bonchev–Trinajstić information content (AvgIpc) is 3.44. The Morgan fingerprint density at radius 2 is 1.76 bits per heavy atom. The van der Waals surface area contributed by atoms with Crippen molar-refractivity contribution in [1.29, 1.82) is 0 Å². The molecule has 4 rings (SSSR count). The summed E-state index contributed by atoms with van der Waals surface area (Å²) in [7, 11) is -0.440. The third-order valence-corrected chi connectivity index (χ3v) is 9.68. The third kappa shape index (κ3) is 9.62. The lowest BCUT2D eigenvalue weighted by atomic mass is 9.94. The van der Waals surface area contributed by atoms with E-state index in [1.54, 1.807) is 27.0 Å². The number of halogens is 3. The van der Waals surface area contributed by atoms with Crippen LogP contribution in [0.3, 0.4) is 0 Å². The van der Waals surface area contributed by atoms with Gasteiger partial charge < -0.3 is 24.9 Å². The molecule has 0 bridgehead atoms. The van der Waals surface area contributed by atoms with Crippen LogP contribution in [0.15, 0.2) is 46.9 Å². The first-order valence-electron chi connectivity index (χ1n) is 14.6. The minimum atomic E-state index is -5.08. The number of nitrogens with two attached hydrogens (primary N) is 1. The van der Waals surface area contributed by atoms with Crippen LogP contribution in [0.25, 0.3) is 11.5 Å². The first-order chi connectivity index (χ1) is 21.4. The van der Waals surface area contributed by atoms with Gasteiger partial charge in [-0.3, -0.25) is 4.31 Å². The summed E-state index contributed by atoms with van der Waals surface area (Å²) in [5.41, 5.74) is 7.35. The molecule has 0 radical (unpaired) electrons. The molecule has 1 saturated carbocycles. The molecule has 1 aliphatic carbocycles. The number of carboxylic acids is 1. The monoisotopic (exact) mass is 670 g/mol. The average molecular weight is 671 g/mol. The molecule has 2 heterocycles. The van der Waals surface area contributed by atoms with Crippen molar-refractivity contribution >= 4 is 27.6 Å². The number of benzene rings is 1. The maximum Gasteiger partial charge on any atom is 0.490 e.